The van der Waals surface area contributed by atoms with Crippen LogP contribution in [0.5, 0.6) is 0 Å². The molecule has 0 saturated carbocycles. The minimum atomic E-state index is -0.955. The molecular weight excluding hydrogens is 306 g/mol. The molecule has 2 atom stereocenters. The molecule has 6 heteroatoms. The summed E-state index contributed by atoms with van der Waals surface area (Å²) in [7, 11) is 0. The highest BCUT2D eigenvalue weighted by molar-refractivity contribution is 6.30. The molecule has 1 amide bonds. The Morgan fingerprint density at radius 1 is 1.27 bits per heavy atom. The van der Waals surface area contributed by atoms with E-state index in [9.17, 15) is 14.7 Å². The highest BCUT2D eigenvalue weighted by Gasteiger charge is 2.36. The molecule has 120 valence electrons. The number of hydrogen-bond donors (Lipinski definition) is 1. The van der Waals surface area contributed by atoms with Crippen LogP contribution in [-0.2, 0) is 14.3 Å². The van der Waals surface area contributed by atoms with Crippen LogP contribution in [0.2, 0.25) is 5.02 Å². The molecule has 1 heterocycles. The lowest BCUT2D eigenvalue weighted by atomic mass is 9.83. The van der Waals surface area contributed by atoms with E-state index in [1.54, 1.807) is 36.1 Å². The zero-order valence-electron chi connectivity index (χ0n) is 12.5. The number of morpholine rings is 1. The Morgan fingerprint density at radius 2 is 1.86 bits per heavy atom. The molecule has 1 aliphatic rings. The first-order chi connectivity index (χ1) is 10.5. The Kier molecular flexibility index (Phi) is 5.80. The molecule has 0 radical (unpaired) electrons. The fourth-order valence-electron chi connectivity index (χ4n) is 2.75. The molecule has 0 aliphatic carbocycles. The second-order valence-corrected chi connectivity index (χ2v) is 5.76. The summed E-state index contributed by atoms with van der Waals surface area (Å²) in [6.07, 6.45) is 0.388. The number of carbonyl (C=O) groups excluding carboxylic acids is 1. The first-order valence-electron chi connectivity index (χ1n) is 7.39. The fourth-order valence-corrected chi connectivity index (χ4v) is 2.88. The minimum absolute atomic E-state index is 0.153. The minimum Gasteiger partial charge on any atom is -0.481 e. The molecule has 2 rings (SSSR count). The lowest BCUT2D eigenvalue weighted by Crippen LogP contribution is -2.45. The molecule has 1 fully saturated rings. The third kappa shape index (κ3) is 3.78. The van der Waals surface area contributed by atoms with Crippen molar-refractivity contribution >= 4 is 23.5 Å². The van der Waals surface area contributed by atoms with Gasteiger partial charge in [-0.15, -0.1) is 0 Å². The number of rotatable bonds is 5. The van der Waals surface area contributed by atoms with Crippen LogP contribution in [0.15, 0.2) is 24.3 Å². The third-order valence-corrected chi connectivity index (χ3v) is 4.23. The summed E-state index contributed by atoms with van der Waals surface area (Å²) in [5.41, 5.74) is 0.690. The Labute approximate surface area is 134 Å². The monoisotopic (exact) mass is 325 g/mol. The van der Waals surface area contributed by atoms with Crippen molar-refractivity contribution in [3.05, 3.63) is 34.9 Å². The number of aliphatic carboxylic acids is 1. The average molecular weight is 326 g/mol. The lowest BCUT2D eigenvalue weighted by Gasteiger charge is -2.32. The molecule has 22 heavy (non-hydrogen) atoms. The summed E-state index contributed by atoms with van der Waals surface area (Å²) in [4.78, 5) is 26.1. The highest BCUT2D eigenvalue weighted by Crippen LogP contribution is 2.31. The van der Waals surface area contributed by atoms with E-state index in [1.165, 1.54) is 0 Å². The number of carboxylic acid groups (broad SMARTS) is 1. The molecule has 5 nitrogen and oxygen atoms in total. The van der Waals surface area contributed by atoms with E-state index in [0.29, 0.717) is 43.3 Å². The van der Waals surface area contributed by atoms with Crippen LogP contribution in [0.3, 0.4) is 0 Å². The van der Waals surface area contributed by atoms with Gasteiger partial charge in [0.15, 0.2) is 0 Å². The molecular formula is C16H20ClNO4. The van der Waals surface area contributed by atoms with Gasteiger partial charge in [0, 0.05) is 18.1 Å². The topological polar surface area (TPSA) is 66.8 Å². The smallest absolute Gasteiger partial charge is 0.307 e. The van der Waals surface area contributed by atoms with Gasteiger partial charge in [-0.25, -0.2) is 0 Å². The normalized spacial score (nSPS) is 17.8. The van der Waals surface area contributed by atoms with Crippen molar-refractivity contribution in [3.63, 3.8) is 0 Å². The molecule has 1 N–H and O–H groups in total. The van der Waals surface area contributed by atoms with E-state index < -0.39 is 17.8 Å². The zero-order valence-corrected chi connectivity index (χ0v) is 13.3. The predicted octanol–water partition coefficient (Wildman–Crippen LogP) is 2.39. The van der Waals surface area contributed by atoms with Gasteiger partial charge >= 0.3 is 5.97 Å². The lowest BCUT2D eigenvalue weighted by molar-refractivity contribution is -0.149. The number of ether oxygens (including phenoxy) is 1. The van der Waals surface area contributed by atoms with Crippen LogP contribution >= 0.6 is 11.6 Å². The Morgan fingerprint density at radius 3 is 2.36 bits per heavy atom. The quantitative estimate of drug-likeness (QED) is 0.902. The van der Waals surface area contributed by atoms with E-state index in [2.05, 4.69) is 0 Å². The standard InChI is InChI=1S/C16H20ClNO4/c1-2-13(16(20)21)14(11-3-5-12(17)6-4-11)15(19)18-7-9-22-10-8-18/h3-6,13-14H,2,7-10H2,1H3,(H,20,21)/t13-,14+/m0/s1. The van der Waals surface area contributed by atoms with Crippen molar-refractivity contribution in [2.24, 2.45) is 5.92 Å². The van der Waals surface area contributed by atoms with Crippen molar-refractivity contribution in [1.82, 2.24) is 4.90 Å². The summed E-state index contributed by atoms with van der Waals surface area (Å²) in [5, 5.41) is 10.0. The summed E-state index contributed by atoms with van der Waals surface area (Å²) in [5.74, 6) is -2.56. The number of amides is 1. The number of carboxylic acids is 1. The molecule has 0 spiro atoms. The van der Waals surface area contributed by atoms with Crippen molar-refractivity contribution < 1.29 is 19.4 Å². The van der Waals surface area contributed by atoms with Crippen LogP contribution < -0.4 is 0 Å². The van der Waals surface area contributed by atoms with Crippen LogP contribution in [0.4, 0.5) is 0 Å². The van der Waals surface area contributed by atoms with Crippen molar-refractivity contribution in [1.29, 1.82) is 0 Å². The van der Waals surface area contributed by atoms with Crippen molar-refractivity contribution in [2.45, 2.75) is 19.3 Å². The Hall–Kier alpha value is -1.59. The Bertz CT molecular complexity index is 525. The van der Waals surface area contributed by atoms with Gasteiger partial charge in [0.05, 0.1) is 25.0 Å². The number of benzene rings is 1. The maximum Gasteiger partial charge on any atom is 0.307 e. The SMILES string of the molecule is CC[C@H](C(=O)O)[C@H](C(=O)N1CCOCC1)c1ccc(Cl)cc1. The number of halogens is 1. The van der Waals surface area contributed by atoms with E-state index in [1.807, 2.05) is 0 Å². The summed E-state index contributed by atoms with van der Waals surface area (Å²) in [6.45, 7) is 3.76. The van der Waals surface area contributed by atoms with Crippen LogP contribution in [0, 0.1) is 5.92 Å². The number of hydrogen-bond acceptors (Lipinski definition) is 3. The van der Waals surface area contributed by atoms with Crippen molar-refractivity contribution in [3.8, 4) is 0 Å². The number of carbonyl (C=O) groups is 2. The van der Waals surface area contributed by atoms with E-state index in [0.717, 1.165) is 0 Å². The third-order valence-electron chi connectivity index (χ3n) is 3.98. The van der Waals surface area contributed by atoms with Gasteiger partial charge in [0.2, 0.25) is 5.91 Å². The molecule has 0 unspecified atom stereocenters. The molecule has 1 saturated heterocycles. The average Bonchev–Trinajstić information content (AvgIpc) is 2.53. The van der Waals surface area contributed by atoms with Gasteiger partial charge in [0.1, 0.15) is 0 Å². The molecule has 0 bridgehead atoms. The summed E-state index contributed by atoms with van der Waals surface area (Å²) >= 11 is 5.89. The van der Waals surface area contributed by atoms with Crippen LogP contribution in [0.25, 0.3) is 0 Å². The summed E-state index contributed by atoms with van der Waals surface area (Å²) < 4.78 is 5.26. The van der Waals surface area contributed by atoms with E-state index in [4.69, 9.17) is 16.3 Å². The van der Waals surface area contributed by atoms with E-state index >= 15 is 0 Å². The van der Waals surface area contributed by atoms with Gasteiger partial charge in [-0.2, -0.15) is 0 Å². The molecule has 1 aromatic carbocycles. The molecule has 1 aromatic rings. The van der Waals surface area contributed by atoms with Gasteiger partial charge in [-0.1, -0.05) is 30.7 Å². The first kappa shape index (κ1) is 16.8. The highest BCUT2D eigenvalue weighted by atomic mass is 35.5. The maximum absolute atomic E-state index is 12.9. The van der Waals surface area contributed by atoms with Gasteiger partial charge in [-0.3, -0.25) is 9.59 Å². The zero-order chi connectivity index (χ0) is 16.1. The van der Waals surface area contributed by atoms with Gasteiger partial charge in [0.25, 0.3) is 0 Å². The van der Waals surface area contributed by atoms with E-state index in [-0.39, 0.29) is 5.91 Å². The fraction of sp³-hybridized carbons (Fsp3) is 0.500. The Balaban J connectivity index is 2.33. The van der Waals surface area contributed by atoms with Crippen molar-refractivity contribution in [2.75, 3.05) is 26.3 Å². The second kappa shape index (κ2) is 7.61. The van der Waals surface area contributed by atoms with Gasteiger partial charge in [-0.05, 0) is 24.1 Å². The number of nitrogens with zero attached hydrogens (tertiary/aromatic N) is 1. The molecule has 1 aliphatic heterocycles. The predicted molar refractivity (Wildman–Crippen MR) is 83.0 cm³/mol. The largest absolute Gasteiger partial charge is 0.481 e. The maximum atomic E-state index is 12.9. The van der Waals surface area contributed by atoms with Crippen LogP contribution in [-0.4, -0.2) is 48.2 Å². The second-order valence-electron chi connectivity index (χ2n) is 5.32. The first-order valence-corrected chi connectivity index (χ1v) is 7.77. The summed E-state index contributed by atoms with van der Waals surface area (Å²) in [6, 6.07) is 6.84. The van der Waals surface area contributed by atoms with Gasteiger partial charge < -0.3 is 14.7 Å². The molecule has 0 aromatic heterocycles. The van der Waals surface area contributed by atoms with Crippen LogP contribution in [0.1, 0.15) is 24.8 Å².